The van der Waals surface area contributed by atoms with Crippen LogP contribution in [0.4, 0.5) is 13.9 Å². The van der Waals surface area contributed by atoms with E-state index in [4.69, 9.17) is 0 Å². The zero-order chi connectivity index (χ0) is 20.7. The number of Topliss-reactive ketones (excluding diaryl/α,β-unsaturated/α-hetero) is 1. The van der Waals surface area contributed by atoms with Crippen LogP contribution in [0.25, 0.3) is 5.76 Å². The van der Waals surface area contributed by atoms with Crippen molar-refractivity contribution in [1.82, 2.24) is 10.2 Å². The van der Waals surface area contributed by atoms with Crippen LogP contribution in [0.1, 0.15) is 22.2 Å². The summed E-state index contributed by atoms with van der Waals surface area (Å²) in [5.74, 6) is -3.67. The number of aromatic nitrogens is 2. The third kappa shape index (κ3) is 3.19. The normalized spacial score (nSPS) is 18.4. The van der Waals surface area contributed by atoms with Gasteiger partial charge in [0.1, 0.15) is 28.4 Å². The van der Waals surface area contributed by atoms with Crippen LogP contribution in [-0.4, -0.2) is 27.0 Å². The van der Waals surface area contributed by atoms with Crippen LogP contribution >= 0.6 is 11.3 Å². The number of ketones is 1. The summed E-state index contributed by atoms with van der Waals surface area (Å²) >= 11 is 1.06. The summed E-state index contributed by atoms with van der Waals surface area (Å²) in [7, 11) is 0. The lowest BCUT2D eigenvalue weighted by atomic mass is 9.95. The van der Waals surface area contributed by atoms with E-state index in [2.05, 4.69) is 10.2 Å². The van der Waals surface area contributed by atoms with Crippen LogP contribution in [0.15, 0.2) is 54.1 Å². The number of anilines is 1. The van der Waals surface area contributed by atoms with Crippen molar-refractivity contribution < 1.29 is 23.5 Å². The van der Waals surface area contributed by atoms with Gasteiger partial charge < -0.3 is 5.11 Å². The standard InChI is InChI=1S/C20H13F2N3O3S/c1-10-23-24-20(29-10)25-16(13-4-2-3-5-14(13)22)15(18(27)19(25)28)17(26)11-6-8-12(21)9-7-11/h2-9,16,26H,1H3/b17-15+/t16-/m1/s1. The average molecular weight is 413 g/mol. The van der Waals surface area contributed by atoms with Gasteiger partial charge in [-0.15, -0.1) is 10.2 Å². The minimum Gasteiger partial charge on any atom is -0.507 e. The van der Waals surface area contributed by atoms with E-state index in [-0.39, 0.29) is 21.8 Å². The number of carbonyl (C=O) groups is 2. The van der Waals surface area contributed by atoms with Gasteiger partial charge in [-0.3, -0.25) is 14.5 Å². The van der Waals surface area contributed by atoms with Crippen LogP contribution in [0.5, 0.6) is 0 Å². The van der Waals surface area contributed by atoms with Crippen LogP contribution < -0.4 is 4.90 Å². The van der Waals surface area contributed by atoms with Crippen molar-refractivity contribution in [3.05, 3.63) is 81.9 Å². The van der Waals surface area contributed by atoms with Gasteiger partial charge in [-0.2, -0.15) is 0 Å². The number of carbonyl (C=O) groups excluding carboxylic acids is 2. The van der Waals surface area contributed by atoms with Gasteiger partial charge >= 0.3 is 5.91 Å². The summed E-state index contributed by atoms with van der Waals surface area (Å²) in [4.78, 5) is 26.6. The van der Waals surface area contributed by atoms with E-state index in [1.807, 2.05) is 0 Å². The Balaban J connectivity index is 1.97. The second-order valence-corrected chi connectivity index (χ2v) is 7.46. The van der Waals surface area contributed by atoms with Crippen molar-refractivity contribution in [2.45, 2.75) is 13.0 Å². The Morgan fingerprint density at radius 2 is 1.76 bits per heavy atom. The monoisotopic (exact) mass is 413 g/mol. The second kappa shape index (κ2) is 7.17. The van der Waals surface area contributed by atoms with Crippen LogP contribution in [0.2, 0.25) is 0 Å². The summed E-state index contributed by atoms with van der Waals surface area (Å²) in [6.45, 7) is 1.67. The SMILES string of the molecule is Cc1nnc(N2C(=O)C(=O)/C(=C(/O)c3ccc(F)cc3)[C@H]2c2ccccc2F)s1. The van der Waals surface area contributed by atoms with E-state index >= 15 is 0 Å². The van der Waals surface area contributed by atoms with Crippen molar-refractivity contribution >= 4 is 33.9 Å². The number of nitrogens with zero attached hydrogens (tertiary/aromatic N) is 3. The highest BCUT2D eigenvalue weighted by Crippen LogP contribution is 2.43. The Labute approximate surface area is 167 Å². The van der Waals surface area contributed by atoms with Crippen LogP contribution in [0, 0.1) is 18.6 Å². The molecule has 0 unspecified atom stereocenters. The fraction of sp³-hybridized carbons (Fsp3) is 0.100. The molecule has 29 heavy (non-hydrogen) atoms. The highest BCUT2D eigenvalue weighted by Gasteiger charge is 2.49. The van der Waals surface area contributed by atoms with Gasteiger partial charge in [-0.25, -0.2) is 8.78 Å². The summed E-state index contributed by atoms with van der Waals surface area (Å²) in [5, 5.41) is 19.2. The van der Waals surface area contributed by atoms with Gasteiger partial charge in [0.25, 0.3) is 5.78 Å². The van der Waals surface area contributed by atoms with Crippen LogP contribution in [0.3, 0.4) is 0 Å². The fourth-order valence-corrected chi connectivity index (χ4v) is 3.88. The molecule has 146 valence electrons. The van der Waals surface area contributed by atoms with Crippen molar-refractivity contribution in [1.29, 1.82) is 0 Å². The van der Waals surface area contributed by atoms with Gasteiger partial charge in [0.15, 0.2) is 0 Å². The van der Waals surface area contributed by atoms with Gasteiger partial charge in [0.05, 0.1) is 5.57 Å². The second-order valence-electron chi connectivity index (χ2n) is 6.30. The predicted octanol–water partition coefficient (Wildman–Crippen LogP) is 3.75. The maximum Gasteiger partial charge on any atom is 0.301 e. The molecule has 0 saturated carbocycles. The average Bonchev–Trinajstić information content (AvgIpc) is 3.23. The van der Waals surface area contributed by atoms with Crippen molar-refractivity contribution in [3.63, 3.8) is 0 Å². The lowest BCUT2D eigenvalue weighted by Crippen LogP contribution is -2.29. The number of benzene rings is 2. The number of hydrogen-bond acceptors (Lipinski definition) is 6. The van der Waals surface area contributed by atoms with Crippen LogP contribution in [-0.2, 0) is 9.59 Å². The van der Waals surface area contributed by atoms with Crippen molar-refractivity contribution in [2.75, 3.05) is 4.90 Å². The molecule has 0 bridgehead atoms. The third-order valence-electron chi connectivity index (χ3n) is 4.48. The first kappa shape index (κ1) is 18.9. The molecule has 0 aliphatic carbocycles. The molecular formula is C20H13F2N3O3S. The van der Waals surface area contributed by atoms with E-state index in [1.54, 1.807) is 13.0 Å². The molecule has 0 spiro atoms. The van der Waals surface area contributed by atoms with Gasteiger partial charge in [0.2, 0.25) is 5.13 Å². The molecule has 2 heterocycles. The molecule has 3 aromatic rings. The maximum atomic E-state index is 14.6. The number of aryl methyl sites for hydroxylation is 1. The highest BCUT2D eigenvalue weighted by molar-refractivity contribution is 7.15. The zero-order valence-corrected chi connectivity index (χ0v) is 15.8. The molecule has 9 heteroatoms. The fourth-order valence-electron chi connectivity index (χ4n) is 3.17. The molecule has 1 amide bonds. The van der Waals surface area contributed by atoms with E-state index in [0.29, 0.717) is 5.01 Å². The molecule has 1 N–H and O–H groups in total. The Kier molecular flexibility index (Phi) is 4.67. The molecule has 6 nitrogen and oxygen atoms in total. The van der Waals surface area contributed by atoms with E-state index in [0.717, 1.165) is 28.4 Å². The Hall–Kier alpha value is -3.46. The minimum atomic E-state index is -1.24. The summed E-state index contributed by atoms with van der Waals surface area (Å²) in [5.41, 5.74) is -0.165. The lowest BCUT2D eigenvalue weighted by Gasteiger charge is -2.22. The summed E-state index contributed by atoms with van der Waals surface area (Å²) < 4.78 is 27.9. The van der Waals surface area contributed by atoms with Gasteiger partial charge in [-0.05, 0) is 37.3 Å². The first-order valence-electron chi connectivity index (χ1n) is 8.50. The van der Waals surface area contributed by atoms with Crippen molar-refractivity contribution in [2.24, 2.45) is 0 Å². The molecule has 1 aliphatic heterocycles. The number of rotatable bonds is 3. The first-order chi connectivity index (χ1) is 13.9. The number of aliphatic hydroxyl groups is 1. The smallest absolute Gasteiger partial charge is 0.301 e. The molecule has 4 rings (SSSR count). The quantitative estimate of drug-likeness (QED) is 0.402. The van der Waals surface area contributed by atoms with E-state index in [9.17, 15) is 23.5 Å². The third-order valence-corrected chi connectivity index (χ3v) is 5.32. The van der Waals surface area contributed by atoms with E-state index < -0.39 is 35.1 Å². The Bertz CT molecular complexity index is 1160. The molecule has 1 fully saturated rings. The van der Waals surface area contributed by atoms with Gasteiger partial charge in [-0.1, -0.05) is 29.5 Å². The van der Waals surface area contributed by atoms with E-state index in [1.165, 1.54) is 30.3 Å². The topological polar surface area (TPSA) is 83.4 Å². The Morgan fingerprint density at radius 3 is 2.38 bits per heavy atom. The van der Waals surface area contributed by atoms with Gasteiger partial charge in [0, 0.05) is 11.1 Å². The number of halogens is 2. The molecule has 1 atom stereocenters. The number of amides is 1. The molecular weight excluding hydrogens is 400 g/mol. The molecule has 1 aliphatic rings. The molecule has 2 aromatic carbocycles. The summed E-state index contributed by atoms with van der Waals surface area (Å²) in [6, 6.07) is 9.16. The van der Waals surface area contributed by atoms with Crippen molar-refractivity contribution in [3.8, 4) is 0 Å². The Morgan fingerprint density at radius 1 is 1.07 bits per heavy atom. The molecule has 1 saturated heterocycles. The first-order valence-corrected chi connectivity index (χ1v) is 9.31. The number of hydrogen-bond donors (Lipinski definition) is 1. The number of aliphatic hydroxyl groups excluding tert-OH is 1. The lowest BCUT2D eigenvalue weighted by molar-refractivity contribution is -0.132. The predicted molar refractivity (Wildman–Crippen MR) is 102 cm³/mol. The molecule has 0 radical (unpaired) electrons. The highest BCUT2D eigenvalue weighted by atomic mass is 32.1. The zero-order valence-electron chi connectivity index (χ0n) is 15.0. The minimum absolute atomic E-state index is 0.0169. The maximum absolute atomic E-state index is 14.6. The molecule has 1 aromatic heterocycles. The summed E-state index contributed by atoms with van der Waals surface area (Å²) in [6.07, 6.45) is 0. The largest absolute Gasteiger partial charge is 0.507 e.